The van der Waals surface area contributed by atoms with E-state index in [0.717, 1.165) is 11.3 Å². The molecule has 2 heterocycles. The minimum Gasteiger partial charge on any atom is -0.451 e. The number of furan rings is 1. The summed E-state index contributed by atoms with van der Waals surface area (Å²) >= 11 is 6.53. The molecule has 0 spiro atoms. The molecule has 0 aliphatic carbocycles. The predicted molar refractivity (Wildman–Crippen MR) is 127 cm³/mol. The number of rotatable bonds is 5. The highest BCUT2D eigenvalue weighted by atomic mass is 35.5. The molecule has 1 saturated heterocycles. The second-order valence-corrected chi connectivity index (χ2v) is 8.49. The van der Waals surface area contributed by atoms with Gasteiger partial charge in [0.25, 0.3) is 5.91 Å². The molecule has 6 nitrogen and oxygen atoms in total. The van der Waals surface area contributed by atoms with Crippen molar-refractivity contribution in [3.8, 4) is 11.3 Å². The van der Waals surface area contributed by atoms with E-state index in [0.29, 0.717) is 42.6 Å². The lowest BCUT2D eigenvalue weighted by atomic mass is 10.1. The Balaban J connectivity index is 1.50. The van der Waals surface area contributed by atoms with Gasteiger partial charge in [0.05, 0.1) is 16.4 Å². The minimum atomic E-state index is -0.343. The summed E-state index contributed by atoms with van der Waals surface area (Å²) in [5.74, 6) is 0.648. The molecule has 32 heavy (non-hydrogen) atoms. The third-order valence-electron chi connectivity index (χ3n) is 5.52. The van der Waals surface area contributed by atoms with E-state index in [-0.39, 0.29) is 23.5 Å². The summed E-state index contributed by atoms with van der Waals surface area (Å²) in [5, 5.41) is 3.49. The molecular weight excluding hydrogens is 426 g/mol. The monoisotopic (exact) mass is 451 g/mol. The van der Waals surface area contributed by atoms with E-state index in [9.17, 15) is 9.59 Å². The van der Waals surface area contributed by atoms with Gasteiger partial charge in [-0.25, -0.2) is 0 Å². The number of nitrogens with one attached hydrogen (secondary N) is 1. The van der Waals surface area contributed by atoms with Gasteiger partial charge in [0, 0.05) is 37.7 Å². The van der Waals surface area contributed by atoms with Gasteiger partial charge in [0.2, 0.25) is 5.91 Å². The van der Waals surface area contributed by atoms with Crippen molar-refractivity contribution in [2.45, 2.75) is 13.8 Å². The molecule has 4 rings (SSSR count). The van der Waals surface area contributed by atoms with Crippen molar-refractivity contribution >= 4 is 34.8 Å². The van der Waals surface area contributed by atoms with Crippen molar-refractivity contribution in [3.63, 3.8) is 0 Å². The Morgan fingerprint density at radius 3 is 2.34 bits per heavy atom. The fourth-order valence-corrected chi connectivity index (χ4v) is 4.15. The molecule has 1 aliphatic heterocycles. The summed E-state index contributed by atoms with van der Waals surface area (Å²) < 4.78 is 5.78. The lowest BCUT2D eigenvalue weighted by Gasteiger charge is -2.38. The number of benzene rings is 2. The van der Waals surface area contributed by atoms with Crippen molar-refractivity contribution in [2.24, 2.45) is 5.92 Å². The van der Waals surface area contributed by atoms with E-state index in [2.05, 4.69) is 10.2 Å². The molecule has 0 radical (unpaired) electrons. The molecule has 3 aromatic rings. The SMILES string of the molecule is CC(C)C(=O)N1CCN(c2c(Cl)cccc2NC(=O)c2ccc(-c3ccccc3)o2)CC1. The zero-order valence-corrected chi connectivity index (χ0v) is 18.9. The second kappa shape index (κ2) is 9.49. The van der Waals surface area contributed by atoms with E-state index in [1.807, 2.05) is 55.1 Å². The van der Waals surface area contributed by atoms with Crippen LogP contribution in [0, 0.1) is 5.92 Å². The quantitative estimate of drug-likeness (QED) is 0.582. The van der Waals surface area contributed by atoms with Gasteiger partial charge in [-0.05, 0) is 24.3 Å². The summed E-state index contributed by atoms with van der Waals surface area (Å²) in [7, 11) is 0. The highest BCUT2D eigenvalue weighted by Gasteiger charge is 2.26. The number of piperazine rings is 1. The zero-order chi connectivity index (χ0) is 22.7. The van der Waals surface area contributed by atoms with E-state index in [1.54, 1.807) is 24.3 Å². The van der Waals surface area contributed by atoms with Crippen LogP contribution in [0.1, 0.15) is 24.4 Å². The van der Waals surface area contributed by atoms with Crippen molar-refractivity contribution in [1.29, 1.82) is 0 Å². The maximum atomic E-state index is 12.9. The average Bonchev–Trinajstić information content (AvgIpc) is 3.30. The summed E-state index contributed by atoms with van der Waals surface area (Å²) in [6, 6.07) is 18.5. The Morgan fingerprint density at radius 1 is 0.938 bits per heavy atom. The molecule has 7 heteroatoms. The van der Waals surface area contributed by atoms with Crippen LogP contribution < -0.4 is 10.2 Å². The molecule has 0 saturated carbocycles. The van der Waals surface area contributed by atoms with Gasteiger partial charge >= 0.3 is 0 Å². The molecule has 1 fully saturated rings. The standard InChI is InChI=1S/C25H26ClN3O3/c1-17(2)25(31)29-15-13-28(14-16-29)23-19(26)9-6-10-20(23)27-24(30)22-12-11-21(32-22)18-7-4-3-5-8-18/h3-12,17H,13-16H2,1-2H3,(H,27,30). The van der Waals surface area contributed by atoms with Crippen LogP contribution in [-0.2, 0) is 4.79 Å². The number of hydrogen-bond acceptors (Lipinski definition) is 4. The summed E-state index contributed by atoms with van der Waals surface area (Å²) in [6.45, 7) is 6.35. The van der Waals surface area contributed by atoms with Crippen molar-refractivity contribution < 1.29 is 14.0 Å². The maximum absolute atomic E-state index is 12.9. The van der Waals surface area contributed by atoms with Crippen LogP contribution >= 0.6 is 11.6 Å². The number of amides is 2. The summed E-state index contributed by atoms with van der Waals surface area (Å²) in [5.41, 5.74) is 2.28. The molecular formula is C25H26ClN3O3. The van der Waals surface area contributed by atoms with Crippen molar-refractivity contribution in [3.05, 3.63) is 71.4 Å². The first kappa shape index (κ1) is 22.0. The first-order valence-corrected chi connectivity index (χ1v) is 11.1. The number of hydrogen-bond donors (Lipinski definition) is 1. The predicted octanol–water partition coefficient (Wildman–Crippen LogP) is 5.16. The fraction of sp³-hybridized carbons (Fsp3) is 0.280. The van der Waals surface area contributed by atoms with Gasteiger partial charge in [-0.3, -0.25) is 9.59 Å². The van der Waals surface area contributed by atoms with Crippen LogP contribution in [0.4, 0.5) is 11.4 Å². The van der Waals surface area contributed by atoms with Crippen LogP contribution in [0.15, 0.2) is 65.1 Å². The largest absolute Gasteiger partial charge is 0.451 e. The molecule has 1 aromatic heterocycles. The molecule has 2 aromatic carbocycles. The molecule has 166 valence electrons. The van der Waals surface area contributed by atoms with E-state index < -0.39 is 0 Å². The lowest BCUT2D eigenvalue weighted by molar-refractivity contribution is -0.134. The Kier molecular flexibility index (Phi) is 6.51. The van der Waals surface area contributed by atoms with E-state index in [4.69, 9.17) is 16.0 Å². The summed E-state index contributed by atoms with van der Waals surface area (Å²) in [6.07, 6.45) is 0. The number of para-hydroxylation sites is 1. The van der Waals surface area contributed by atoms with Crippen LogP contribution in [0.25, 0.3) is 11.3 Å². The Morgan fingerprint density at radius 2 is 1.66 bits per heavy atom. The van der Waals surface area contributed by atoms with Crippen LogP contribution in [0.5, 0.6) is 0 Å². The second-order valence-electron chi connectivity index (χ2n) is 8.09. The first-order chi connectivity index (χ1) is 15.4. The molecule has 1 N–H and O–H groups in total. The molecule has 2 amide bonds. The number of anilines is 2. The van der Waals surface area contributed by atoms with Gasteiger partial charge in [0.1, 0.15) is 5.76 Å². The van der Waals surface area contributed by atoms with Gasteiger partial charge in [-0.1, -0.05) is 61.8 Å². The molecule has 0 atom stereocenters. The van der Waals surface area contributed by atoms with Gasteiger partial charge in [-0.15, -0.1) is 0 Å². The third kappa shape index (κ3) is 4.65. The number of nitrogens with zero attached hydrogens (tertiary/aromatic N) is 2. The number of carbonyl (C=O) groups is 2. The van der Waals surface area contributed by atoms with Crippen molar-refractivity contribution in [1.82, 2.24) is 4.90 Å². The molecule has 0 unspecified atom stereocenters. The number of halogens is 1. The van der Waals surface area contributed by atoms with E-state index >= 15 is 0 Å². The number of carbonyl (C=O) groups excluding carboxylic acids is 2. The normalized spacial score (nSPS) is 14.0. The minimum absolute atomic E-state index is 0.0224. The average molecular weight is 452 g/mol. The zero-order valence-electron chi connectivity index (χ0n) is 18.2. The Bertz CT molecular complexity index is 1100. The van der Waals surface area contributed by atoms with Gasteiger partial charge in [0.15, 0.2) is 5.76 Å². The topological polar surface area (TPSA) is 65.8 Å². The van der Waals surface area contributed by atoms with Crippen LogP contribution in [0.2, 0.25) is 5.02 Å². The van der Waals surface area contributed by atoms with E-state index in [1.165, 1.54) is 0 Å². The van der Waals surface area contributed by atoms with Crippen LogP contribution in [-0.4, -0.2) is 42.9 Å². The smallest absolute Gasteiger partial charge is 0.291 e. The fourth-order valence-electron chi connectivity index (χ4n) is 3.85. The van der Waals surface area contributed by atoms with Gasteiger partial charge < -0.3 is 19.5 Å². The molecule has 1 aliphatic rings. The molecule has 0 bridgehead atoms. The van der Waals surface area contributed by atoms with Crippen molar-refractivity contribution in [2.75, 3.05) is 36.4 Å². The highest BCUT2D eigenvalue weighted by molar-refractivity contribution is 6.34. The highest BCUT2D eigenvalue weighted by Crippen LogP contribution is 2.35. The van der Waals surface area contributed by atoms with Gasteiger partial charge in [-0.2, -0.15) is 0 Å². The van der Waals surface area contributed by atoms with Crippen LogP contribution in [0.3, 0.4) is 0 Å². The lowest BCUT2D eigenvalue weighted by Crippen LogP contribution is -2.50. The Labute approximate surface area is 192 Å². The first-order valence-electron chi connectivity index (χ1n) is 10.7. The third-order valence-corrected chi connectivity index (χ3v) is 5.83. The maximum Gasteiger partial charge on any atom is 0.291 e. The summed E-state index contributed by atoms with van der Waals surface area (Å²) in [4.78, 5) is 29.2. The Hall–Kier alpha value is -3.25.